The molecule has 1 amide bonds. The molecule has 3 aromatic rings. The standard InChI is InChI=1S/C17H16N2O2S/c1-12-5-4-6-13(9-12)21-11-16(20)18-10-17-19-14-7-2-3-8-15(14)22-17/h2-9H,10-11H2,1H3,(H,18,20). The molecule has 0 saturated carbocycles. The van der Waals surface area contributed by atoms with Crippen molar-refractivity contribution in [1.29, 1.82) is 0 Å². The first-order valence-electron chi connectivity index (χ1n) is 7.01. The Hall–Kier alpha value is -2.40. The fourth-order valence-electron chi connectivity index (χ4n) is 2.07. The number of fused-ring (bicyclic) bond motifs is 1. The van der Waals surface area contributed by atoms with Crippen LogP contribution in [0.3, 0.4) is 0 Å². The third-order valence-electron chi connectivity index (χ3n) is 3.13. The van der Waals surface area contributed by atoms with Crippen molar-refractivity contribution in [2.75, 3.05) is 6.61 Å². The van der Waals surface area contributed by atoms with Crippen molar-refractivity contribution in [2.24, 2.45) is 0 Å². The van der Waals surface area contributed by atoms with Crippen molar-refractivity contribution >= 4 is 27.5 Å². The number of nitrogens with zero attached hydrogens (tertiary/aromatic N) is 1. The van der Waals surface area contributed by atoms with Crippen LogP contribution < -0.4 is 10.1 Å². The lowest BCUT2D eigenvalue weighted by molar-refractivity contribution is -0.123. The molecule has 0 radical (unpaired) electrons. The molecule has 2 aromatic carbocycles. The maximum Gasteiger partial charge on any atom is 0.258 e. The minimum absolute atomic E-state index is 0.00828. The van der Waals surface area contributed by atoms with Crippen molar-refractivity contribution in [3.05, 3.63) is 59.1 Å². The number of thiazole rings is 1. The zero-order valence-corrected chi connectivity index (χ0v) is 13.0. The highest BCUT2D eigenvalue weighted by Crippen LogP contribution is 2.21. The summed E-state index contributed by atoms with van der Waals surface area (Å²) < 4.78 is 6.59. The van der Waals surface area contributed by atoms with Gasteiger partial charge >= 0.3 is 0 Å². The van der Waals surface area contributed by atoms with E-state index >= 15 is 0 Å². The van der Waals surface area contributed by atoms with Crippen LogP contribution in [-0.4, -0.2) is 17.5 Å². The maximum atomic E-state index is 11.8. The third-order valence-corrected chi connectivity index (χ3v) is 4.17. The zero-order chi connectivity index (χ0) is 15.4. The summed E-state index contributed by atoms with van der Waals surface area (Å²) >= 11 is 1.59. The predicted molar refractivity (Wildman–Crippen MR) is 88.1 cm³/mol. The Morgan fingerprint density at radius 3 is 2.91 bits per heavy atom. The lowest BCUT2D eigenvalue weighted by Gasteiger charge is -2.07. The molecule has 3 rings (SSSR count). The van der Waals surface area contributed by atoms with Crippen LogP contribution in [0.2, 0.25) is 0 Å². The summed E-state index contributed by atoms with van der Waals surface area (Å²) in [6.45, 7) is 2.42. The Balaban J connectivity index is 1.51. The molecular formula is C17H16N2O2S. The van der Waals surface area contributed by atoms with E-state index in [1.54, 1.807) is 11.3 Å². The number of carbonyl (C=O) groups is 1. The summed E-state index contributed by atoms with van der Waals surface area (Å²) in [5.74, 6) is 0.552. The summed E-state index contributed by atoms with van der Waals surface area (Å²) in [7, 11) is 0. The molecule has 0 fully saturated rings. The van der Waals surface area contributed by atoms with Gasteiger partial charge in [-0.05, 0) is 36.8 Å². The highest BCUT2D eigenvalue weighted by molar-refractivity contribution is 7.18. The summed E-state index contributed by atoms with van der Waals surface area (Å²) in [6, 6.07) is 15.6. The monoisotopic (exact) mass is 312 g/mol. The van der Waals surface area contributed by atoms with E-state index in [1.807, 2.05) is 55.5 Å². The number of benzene rings is 2. The van der Waals surface area contributed by atoms with Gasteiger partial charge in [0, 0.05) is 0 Å². The number of ether oxygens (including phenoxy) is 1. The first kappa shape index (κ1) is 14.5. The number of rotatable bonds is 5. The molecule has 0 saturated heterocycles. The molecule has 1 aromatic heterocycles. The molecule has 22 heavy (non-hydrogen) atoms. The summed E-state index contributed by atoms with van der Waals surface area (Å²) in [6.07, 6.45) is 0. The number of aryl methyl sites for hydroxylation is 1. The van der Waals surface area contributed by atoms with Gasteiger partial charge in [0.15, 0.2) is 6.61 Å². The quantitative estimate of drug-likeness (QED) is 0.786. The highest BCUT2D eigenvalue weighted by Gasteiger charge is 2.06. The second-order valence-electron chi connectivity index (χ2n) is 4.96. The molecule has 0 spiro atoms. The van der Waals surface area contributed by atoms with Gasteiger partial charge in [0.25, 0.3) is 5.91 Å². The number of amides is 1. The van der Waals surface area contributed by atoms with Crippen LogP contribution in [0.1, 0.15) is 10.6 Å². The molecule has 0 aliphatic rings. The lowest BCUT2D eigenvalue weighted by atomic mass is 10.2. The van der Waals surface area contributed by atoms with E-state index in [0.717, 1.165) is 20.8 Å². The first-order chi connectivity index (χ1) is 10.7. The largest absolute Gasteiger partial charge is 0.484 e. The van der Waals surface area contributed by atoms with Gasteiger partial charge < -0.3 is 10.1 Å². The lowest BCUT2D eigenvalue weighted by Crippen LogP contribution is -2.28. The maximum absolute atomic E-state index is 11.8. The number of nitrogens with one attached hydrogen (secondary N) is 1. The minimum Gasteiger partial charge on any atom is -0.484 e. The Morgan fingerprint density at radius 2 is 2.09 bits per heavy atom. The van der Waals surface area contributed by atoms with E-state index in [0.29, 0.717) is 12.3 Å². The molecule has 1 N–H and O–H groups in total. The SMILES string of the molecule is Cc1cccc(OCC(=O)NCc2nc3ccccc3s2)c1. The van der Waals surface area contributed by atoms with Crippen molar-refractivity contribution in [2.45, 2.75) is 13.5 Å². The molecular weight excluding hydrogens is 296 g/mol. The van der Waals surface area contributed by atoms with E-state index in [1.165, 1.54) is 0 Å². The molecule has 112 valence electrons. The number of para-hydroxylation sites is 1. The van der Waals surface area contributed by atoms with Crippen molar-refractivity contribution < 1.29 is 9.53 Å². The Labute approximate surface area is 132 Å². The van der Waals surface area contributed by atoms with E-state index in [-0.39, 0.29) is 12.5 Å². The van der Waals surface area contributed by atoms with Gasteiger partial charge in [0.05, 0.1) is 16.8 Å². The second-order valence-corrected chi connectivity index (χ2v) is 6.07. The van der Waals surface area contributed by atoms with Crippen LogP contribution in [-0.2, 0) is 11.3 Å². The molecule has 5 heteroatoms. The van der Waals surface area contributed by atoms with Crippen molar-refractivity contribution in [3.63, 3.8) is 0 Å². The van der Waals surface area contributed by atoms with E-state index < -0.39 is 0 Å². The molecule has 4 nitrogen and oxygen atoms in total. The summed E-state index contributed by atoms with van der Waals surface area (Å²) in [5, 5.41) is 3.72. The van der Waals surface area contributed by atoms with Crippen LogP contribution >= 0.6 is 11.3 Å². The van der Waals surface area contributed by atoms with Crippen LogP contribution in [0.4, 0.5) is 0 Å². The molecule has 0 aliphatic heterocycles. The topological polar surface area (TPSA) is 51.2 Å². The zero-order valence-electron chi connectivity index (χ0n) is 12.2. The molecule has 1 heterocycles. The number of aromatic nitrogens is 1. The Bertz CT molecular complexity index is 765. The van der Waals surface area contributed by atoms with Gasteiger partial charge in [-0.25, -0.2) is 4.98 Å². The number of hydrogen-bond donors (Lipinski definition) is 1. The van der Waals surface area contributed by atoms with Gasteiger partial charge in [-0.15, -0.1) is 11.3 Å². The van der Waals surface area contributed by atoms with Gasteiger partial charge in [0.1, 0.15) is 10.8 Å². The van der Waals surface area contributed by atoms with Crippen molar-refractivity contribution in [1.82, 2.24) is 10.3 Å². The fourth-order valence-corrected chi connectivity index (χ4v) is 2.98. The summed E-state index contributed by atoms with van der Waals surface area (Å²) in [4.78, 5) is 16.3. The van der Waals surface area contributed by atoms with Gasteiger partial charge in [0.2, 0.25) is 0 Å². The fraction of sp³-hybridized carbons (Fsp3) is 0.176. The molecule has 0 unspecified atom stereocenters. The Morgan fingerprint density at radius 1 is 1.23 bits per heavy atom. The van der Waals surface area contributed by atoms with Crippen LogP contribution in [0.15, 0.2) is 48.5 Å². The normalized spacial score (nSPS) is 10.6. The van der Waals surface area contributed by atoms with Crippen LogP contribution in [0.5, 0.6) is 5.75 Å². The summed E-state index contributed by atoms with van der Waals surface area (Å²) in [5.41, 5.74) is 2.07. The average molecular weight is 312 g/mol. The smallest absolute Gasteiger partial charge is 0.258 e. The number of carbonyl (C=O) groups excluding carboxylic acids is 1. The third kappa shape index (κ3) is 3.62. The van der Waals surface area contributed by atoms with E-state index in [2.05, 4.69) is 10.3 Å². The average Bonchev–Trinajstić information content (AvgIpc) is 2.94. The van der Waals surface area contributed by atoms with Crippen LogP contribution in [0.25, 0.3) is 10.2 Å². The highest BCUT2D eigenvalue weighted by atomic mass is 32.1. The first-order valence-corrected chi connectivity index (χ1v) is 7.83. The number of hydrogen-bond acceptors (Lipinski definition) is 4. The minimum atomic E-state index is -0.152. The molecule has 0 bridgehead atoms. The van der Waals surface area contributed by atoms with Crippen molar-refractivity contribution in [3.8, 4) is 5.75 Å². The van der Waals surface area contributed by atoms with Gasteiger partial charge in [-0.1, -0.05) is 24.3 Å². The van der Waals surface area contributed by atoms with Gasteiger partial charge in [-0.3, -0.25) is 4.79 Å². The Kier molecular flexibility index (Phi) is 4.34. The second kappa shape index (κ2) is 6.58. The molecule has 0 aliphatic carbocycles. The van der Waals surface area contributed by atoms with E-state index in [9.17, 15) is 4.79 Å². The van der Waals surface area contributed by atoms with Gasteiger partial charge in [-0.2, -0.15) is 0 Å². The van der Waals surface area contributed by atoms with E-state index in [4.69, 9.17) is 4.74 Å². The predicted octanol–water partition coefficient (Wildman–Crippen LogP) is 3.30. The molecule has 0 atom stereocenters. The van der Waals surface area contributed by atoms with Crippen LogP contribution in [0, 0.1) is 6.92 Å².